The number of rotatable bonds is 1. The van der Waals surface area contributed by atoms with Gasteiger partial charge in [-0.15, -0.1) is 0 Å². The lowest BCUT2D eigenvalue weighted by molar-refractivity contribution is 0.627. The van der Waals surface area contributed by atoms with Crippen LogP contribution in [0.2, 0.25) is 0 Å². The molecule has 74 valence electrons. The predicted octanol–water partition coefficient (Wildman–Crippen LogP) is 3.00. The maximum atomic E-state index is 13.0. The molecule has 0 aromatic heterocycles. The van der Waals surface area contributed by atoms with E-state index in [1.165, 1.54) is 11.6 Å². The van der Waals surface area contributed by atoms with Gasteiger partial charge in [-0.2, -0.15) is 5.26 Å². The van der Waals surface area contributed by atoms with Crippen LogP contribution in [0.4, 0.5) is 4.39 Å². The van der Waals surface area contributed by atoms with Gasteiger partial charge >= 0.3 is 0 Å². The smallest absolute Gasteiger partial charge is 0.123 e. The first-order chi connectivity index (χ1) is 7.29. The Labute approximate surface area is 87.8 Å². The van der Waals surface area contributed by atoms with Crippen molar-refractivity contribution < 1.29 is 4.39 Å². The van der Waals surface area contributed by atoms with Gasteiger partial charge in [0.05, 0.1) is 12.0 Å². The predicted molar refractivity (Wildman–Crippen MR) is 55.1 cm³/mol. The molecular weight excluding hydrogens is 189 g/mol. The fourth-order valence-corrected chi connectivity index (χ4v) is 2.53. The normalized spacial score (nSPS) is 31.7. The van der Waals surface area contributed by atoms with E-state index in [9.17, 15) is 4.39 Å². The number of benzene rings is 1. The Hall–Kier alpha value is -1.62. The van der Waals surface area contributed by atoms with E-state index in [0.717, 1.165) is 12.0 Å². The molecule has 0 aliphatic heterocycles. The molecular formula is C13H10FN. The number of halogens is 1. The SMILES string of the molecule is N#C[C@@H]1[C@H]2C=C(c3cccc(F)c3)C[C@@H]12. The van der Waals surface area contributed by atoms with Crippen molar-refractivity contribution in [1.29, 1.82) is 5.26 Å². The van der Waals surface area contributed by atoms with Gasteiger partial charge in [0.1, 0.15) is 5.82 Å². The summed E-state index contributed by atoms with van der Waals surface area (Å²) in [6.07, 6.45) is 3.08. The third kappa shape index (κ3) is 1.27. The summed E-state index contributed by atoms with van der Waals surface area (Å²) in [7, 11) is 0. The van der Waals surface area contributed by atoms with Gasteiger partial charge in [-0.1, -0.05) is 18.2 Å². The molecule has 1 aromatic carbocycles. The van der Waals surface area contributed by atoms with Crippen LogP contribution >= 0.6 is 0 Å². The molecule has 1 aromatic rings. The minimum atomic E-state index is -0.189. The van der Waals surface area contributed by atoms with E-state index in [2.05, 4.69) is 12.1 Å². The molecule has 3 rings (SSSR count). The molecule has 1 nitrogen and oxygen atoms in total. The van der Waals surface area contributed by atoms with Crippen LogP contribution in [0.3, 0.4) is 0 Å². The number of hydrogen-bond acceptors (Lipinski definition) is 1. The summed E-state index contributed by atoms with van der Waals surface area (Å²) < 4.78 is 13.0. The minimum absolute atomic E-state index is 0.189. The van der Waals surface area contributed by atoms with E-state index in [-0.39, 0.29) is 11.7 Å². The van der Waals surface area contributed by atoms with Gasteiger partial charge in [0.25, 0.3) is 0 Å². The molecule has 2 aliphatic carbocycles. The van der Waals surface area contributed by atoms with Crippen molar-refractivity contribution in [3.63, 3.8) is 0 Å². The molecule has 15 heavy (non-hydrogen) atoms. The molecule has 0 N–H and O–H groups in total. The Bertz CT molecular complexity index is 484. The Balaban J connectivity index is 1.87. The first-order valence-corrected chi connectivity index (χ1v) is 5.16. The van der Waals surface area contributed by atoms with E-state index in [1.807, 2.05) is 6.07 Å². The lowest BCUT2D eigenvalue weighted by atomic mass is 10.0. The van der Waals surface area contributed by atoms with Crippen LogP contribution in [0.15, 0.2) is 30.3 Å². The Morgan fingerprint density at radius 3 is 2.87 bits per heavy atom. The maximum Gasteiger partial charge on any atom is 0.123 e. The summed E-state index contributed by atoms with van der Waals surface area (Å²) in [5.74, 6) is 0.981. The van der Waals surface area contributed by atoms with Gasteiger partial charge in [-0.3, -0.25) is 0 Å². The fraction of sp³-hybridized carbons (Fsp3) is 0.308. The maximum absolute atomic E-state index is 13.0. The number of allylic oxidation sites excluding steroid dienone is 2. The standard InChI is InChI=1S/C13H10FN/c14-10-3-1-2-8(4-10)9-5-11-12(6-9)13(11)7-15/h1-5,11-13H,6H2/t11-,12+,13+/m0/s1. The van der Waals surface area contributed by atoms with Gasteiger partial charge in [-0.25, -0.2) is 4.39 Å². The van der Waals surface area contributed by atoms with Crippen LogP contribution in [0, 0.1) is 34.9 Å². The average molecular weight is 199 g/mol. The monoisotopic (exact) mass is 199 g/mol. The van der Waals surface area contributed by atoms with Crippen LogP contribution in [0.25, 0.3) is 5.57 Å². The summed E-state index contributed by atoms with van der Waals surface area (Å²) in [5, 5.41) is 8.77. The second-order valence-corrected chi connectivity index (χ2v) is 4.30. The van der Waals surface area contributed by atoms with Gasteiger partial charge in [-0.05, 0) is 41.5 Å². The highest BCUT2D eigenvalue weighted by Crippen LogP contribution is 2.57. The van der Waals surface area contributed by atoms with Crippen molar-refractivity contribution >= 4 is 5.57 Å². The summed E-state index contributed by atoms with van der Waals surface area (Å²) in [5.41, 5.74) is 2.18. The van der Waals surface area contributed by atoms with Crippen molar-refractivity contribution in [3.8, 4) is 6.07 Å². The Morgan fingerprint density at radius 2 is 2.27 bits per heavy atom. The van der Waals surface area contributed by atoms with Gasteiger partial charge < -0.3 is 0 Å². The third-order valence-corrected chi connectivity index (χ3v) is 3.42. The quantitative estimate of drug-likeness (QED) is 0.682. The van der Waals surface area contributed by atoms with Crippen molar-refractivity contribution in [2.24, 2.45) is 17.8 Å². The number of hydrogen-bond donors (Lipinski definition) is 0. The summed E-state index contributed by atoms with van der Waals surface area (Å²) in [6.45, 7) is 0. The summed E-state index contributed by atoms with van der Waals surface area (Å²) in [6, 6.07) is 8.99. The molecule has 3 atom stereocenters. The molecule has 1 saturated carbocycles. The largest absolute Gasteiger partial charge is 0.207 e. The first-order valence-electron chi connectivity index (χ1n) is 5.16. The van der Waals surface area contributed by atoms with Crippen molar-refractivity contribution in [1.82, 2.24) is 0 Å². The van der Waals surface area contributed by atoms with Gasteiger partial charge in [0.15, 0.2) is 0 Å². The highest BCUT2D eigenvalue weighted by atomic mass is 19.1. The van der Waals surface area contributed by atoms with E-state index >= 15 is 0 Å². The minimum Gasteiger partial charge on any atom is -0.207 e. The van der Waals surface area contributed by atoms with Gasteiger partial charge in [0, 0.05) is 0 Å². The van der Waals surface area contributed by atoms with Crippen LogP contribution in [0.1, 0.15) is 12.0 Å². The fourth-order valence-electron chi connectivity index (χ4n) is 2.53. The van der Waals surface area contributed by atoms with E-state index in [0.29, 0.717) is 11.8 Å². The molecule has 2 aliphatic rings. The summed E-state index contributed by atoms with van der Waals surface area (Å²) in [4.78, 5) is 0. The molecule has 0 spiro atoms. The van der Waals surface area contributed by atoms with E-state index in [4.69, 9.17) is 5.26 Å². The zero-order valence-corrected chi connectivity index (χ0v) is 8.15. The zero-order chi connectivity index (χ0) is 10.4. The number of fused-ring (bicyclic) bond motifs is 1. The number of nitriles is 1. The Morgan fingerprint density at radius 1 is 1.40 bits per heavy atom. The lowest BCUT2D eigenvalue weighted by Crippen LogP contribution is -1.88. The molecule has 0 unspecified atom stereocenters. The van der Waals surface area contributed by atoms with Crippen molar-refractivity contribution in [3.05, 3.63) is 41.7 Å². The van der Waals surface area contributed by atoms with E-state index in [1.54, 1.807) is 12.1 Å². The van der Waals surface area contributed by atoms with Crippen molar-refractivity contribution in [2.45, 2.75) is 6.42 Å². The molecule has 0 radical (unpaired) electrons. The van der Waals surface area contributed by atoms with E-state index < -0.39 is 0 Å². The molecule has 0 amide bonds. The highest BCUT2D eigenvalue weighted by molar-refractivity contribution is 5.70. The Kier molecular flexibility index (Phi) is 1.70. The zero-order valence-electron chi connectivity index (χ0n) is 8.15. The molecule has 0 saturated heterocycles. The first kappa shape index (κ1) is 8.67. The topological polar surface area (TPSA) is 23.8 Å². The molecule has 0 bridgehead atoms. The molecule has 2 heteroatoms. The summed E-state index contributed by atoms with van der Waals surface area (Å²) >= 11 is 0. The van der Waals surface area contributed by atoms with Crippen LogP contribution < -0.4 is 0 Å². The average Bonchev–Trinajstić information content (AvgIpc) is 2.70. The molecule has 0 heterocycles. The van der Waals surface area contributed by atoms with Gasteiger partial charge in [0.2, 0.25) is 0 Å². The third-order valence-electron chi connectivity index (χ3n) is 3.42. The lowest BCUT2D eigenvalue weighted by Gasteiger charge is -2.04. The van der Waals surface area contributed by atoms with Crippen molar-refractivity contribution in [2.75, 3.05) is 0 Å². The molecule has 1 fully saturated rings. The second kappa shape index (κ2) is 2.93. The van der Waals surface area contributed by atoms with Crippen LogP contribution in [-0.2, 0) is 0 Å². The highest BCUT2D eigenvalue weighted by Gasteiger charge is 2.52. The number of nitrogens with zero attached hydrogens (tertiary/aromatic N) is 1. The van der Waals surface area contributed by atoms with Crippen LogP contribution in [-0.4, -0.2) is 0 Å². The van der Waals surface area contributed by atoms with Crippen LogP contribution in [0.5, 0.6) is 0 Å². The second-order valence-electron chi connectivity index (χ2n) is 4.30.